The van der Waals surface area contributed by atoms with E-state index in [0.717, 1.165) is 3.97 Å². The average Bonchev–Trinajstić information content (AvgIpc) is 3.33. The SMILES string of the molecule is COCCCOc1ccnc(CS(=O)c2nc3ccccc3n2S(=O)(=O)c2ccc(OCC(N)=O)cc2)c1C. The molecule has 0 bridgehead atoms. The molecule has 2 aromatic carbocycles. The number of imidazole rings is 1. The number of rotatable bonds is 13. The molecule has 0 fully saturated rings. The molecule has 39 heavy (non-hydrogen) atoms. The topological polar surface area (TPSA) is 153 Å². The minimum atomic E-state index is -4.22. The van der Waals surface area contributed by atoms with Crippen LogP contribution in [-0.4, -0.2) is 59.4 Å². The zero-order chi connectivity index (χ0) is 28.0. The van der Waals surface area contributed by atoms with Gasteiger partial charge in [-0.15, -0.1) is 0 Å². The van der Waals surface area contributed by atoms with Gasteiger partial charge in [-0.2, -0.15) is 0 Å². The van der Waals surface area contributed by atoms with Gasteiger partial charge in [0.1, 0.15) is 11.5 Å². The summed E-state index contributed by atoms with van der Waals surface area (Å²) < 4.78 is 58.3. The zero-order valence-corrected chi connectivity index (χ0v) is 23.0. The fourth-order valence-corrected chi connectivity index (χ4v) is 6.81. The van der Waals surface area contributed by atoms with Crippen LogP contribution in [0.1, 0.15) is 17.7 Å². The number of ether oxygens (including phenoxy) is 3. The third kappa shape index (κ3) is 6.44. The van der Waals surface area contributed by atoms with Crippen molar-refractivity contribution in [2.24, 2.45) is 5.73 Å². The predicted molar refractivity (Wildman–Crippen MR) is 145 cm³/mol. The Kier molecular flexibility index (Phi) is 8.94. The number of benzene rings is 2. The van der Waals surface area contributed by atoms with Gasteiger partial charge >= 0.3 is 0 Å². The second kappa shape index (κ2) is 12.4. The lowest BCUT2D eigenvalue weighted by atomic mass is 10.2. The molecule has 1 amide bonds. The van der Waals surface area contributed by atoms with Crippen LogP contribution in [0.15, 0.2) is 70.8 Å². The van der Waals surface area contributed by atoms with Crippen LogP contribution < -0.4 is 15.2 Å². The number of nitrogens with two attached hydrogens (primary N) is 1. The normalized spacial score (nSPS) is 12.4. The smallest absolute Gasteiger partial charge is 0.270 e. The number of methoxy groups -OCH3 is 1. The molecule has 0 saturated heterocycles. The highest BCUT2D eigenvalue weighted by Gasteiger charge is 2.28. The maximum atomic E-state index is 13.8. The van der Waals surface area contributed by atoms with Crippen molar-refractivity contribution in [2.75, 3.05) is 26.9 Å². The number of carbonyl (C=O) groups is 1. The van der Waals surface area contributed by atoms with Gasteiger partial charge in [-0.05, 0) is 49.4 Å². The highest BCUT2D eigenvalue weighted by Crippen LogP contribution is 2.28. The van der Waals surface area contributed by atoms with Crippen LogP contribution in [0.3, 0.4) is 0 Å². The number of primary amides is 1. The number of hydrogen-bond donors (Lipinski definition) is 1. The lowest BCUT2D eigenvalue weighted by molar-refractivity contribution is -0.119. The Labute approximate surface area is 228 Å². The van der Waals surface area contributed by atoms with E-state index in [-0.39, 0.29) is 33.7 Å². The minimum absolute atomic E-state index is 0.0696. The molecule has 206 valence electrons. The third-order valence-electron chi connectivity index (χ3n) is 5.71. The minimum Gasteiger partial charge on any atom is -0.493 e. The number of carbonyl (C=O) groups excluding carboxylic acids is 1. The molecule has 11 nitrogen and oxygen atoms in total. The van der Waals surface area contributed by atoms with Crippen LogP contribution in [0, 0.1) is 6.92 Å². The van der Waals surface area contributed by atoms with Crippen LogP contribution in [0.5, 0.6) is 11.5 Å². The van der Waals surface area contributed by atoms with Crippen molar-refractivity contribution >= 4 is 37.8 Å². The standard InChI is InChI=1S/C26H28N4O7S2/c1-18-22(28-13-12-24(18)36-15-5-14-35-2)17-38(32)26-29-21-6-3-4-7-23(21)30(26)39(33,34)20-10-8-19(9-11-20)37-16-25(27)31/h3-4,6-13H,5,14-17H2,1-2H3,(H2,27,31). The van der Waals surface area contributed by atoms with Gasteiger partial charge in [-0.25, -0.2) is 17.4 Å². The van der Waals surface area contributed by atoms with E-state index in [1.54, 1.807) is 43.6 Å². The molecular formula is C26H28N4O7S2. The maximum Gasteiger partial charge on any atom is 0.270 e. The van der Waals surface area contributed by atoms with Gasteiger partial charge in [0.25, 0.3) is 15.9 Å². The second-order valence-electron chi connectivity index (χ2n) is 8.44. The summed E-state index contributed by atoms with van der Waals surface area (Å²) in [5.74, 6) is 0.155. The van der Waals surface area contributed by atoms with E-state index in [1.165, 1.54) is 24.3 Å². The molecule has 0 radical (unpaired) electrons. The number of pyridine rings is 1. The third-order valence-corrected chi connectivity index (χ3v) is 8.76. The van der Waals surface area contributed by atoms with Crippen molar-refractivity contribution in [1.82, 2.24) is 13.9 Å². The Morgan fingerprint density at radius 1 is 1.05 bits per heavy atom. The highest BCUT2D eigenvalue weighted by molar-refractivity contribution is 7.91. The largest absolute Gasteiger partial charge is 0.493 e. The molecule has 0 saturated carbocycles. The summed E-state index contributed by atoms with van der Waals surface area (Å²) in [6.45, 7) is 2.48. The fourth-order valence-electron chi connectivity index (χ4n) is 3.76. The van der Waals surface area contributed by atoms with Gasteiger partial charge in [0, 0.05) is 31.9 Å². The number of amides is 1. The molecule has 1 atom stereocenters. The summed E-state index contributed by atoms with van der Waals surface area (Å²) in [4.78, 5) is 19.7. The molecule has 4 rings (SSSR count). The summed E-state index contributed by atoms with van der Waals surface area (Å²) in [5, 5.41) is -0.127. The molecule has 0 aliphatic rings. The first-order valence-corrected chi connectivity index (χ1v) is 14.7. The first-order chi connectivity index (χ1) is 18.7. The van der Waals surface area contributed by atoms with Gasteiger partial charge < -0.3 is 19.9 Å². The van der Waals surface area contributed by atoms with E-state index in [9.17, 15) is 17.4 Å². The monoisotopic (exact) mass is 572 g/mol. The first-order valence-electron chi connectivity index (χ1n) is 11.9. The van der Waals surface area contributed by atoms with Crippen LogP contribution in [0.25, 0.3) is 11.0 Å². The van der Waals surface area contributed by atoms with Crippen LogP contribution in [0.4, 0.5) is 0 Å². The Morgan fingerprint density at radius 3 is 2.51 bits per heavy atom. The number of fused-ring (bicyclic) bond motifs is 1. The summed E-state index contributed by atoms with van der Waals surface area (Å²) in [6.07, 6.45) is 2.27. The Hall–Kier alpha value is -3.81. The van der Waals surface area contributed by atoms with Gasteiger partial charge in [0.15, 0.2) is 6.61 Å². The Morgan fingerprint density at radius 2 is 1.79 bits per heavy atom. The van der Waals surface area contributed by atoms with Crippen molar-refractivity contribution in [3.8, 4) is 11.5 Å². The van der Waals surface area contributed by atoms with Crippen LogP contribution in [0.2, 0.25) is 0 Å². The summed E-state index contributed by atoms with van der Waals surface area (Å²) in [7, 11) is -4.48. The molecule has 2 aromatic heterocycles. The number of aromatic nitrogens is 3. The molecule has 13 heteroatoms. The number of para-hydroxylation sites is 2. The molecule has 0 aliphatic carbocycles. The summed E-state index contributed by atoms with van der Waals surface area (Å²) in [6, 6.07) is 13.9. The van der Waals surface area contributed by atoms with Crippen molar-refractivity contribution in [2.45, 2.75) is 29.1 Å². The van der Waals surface area contributed by atoms with Crippen molar-refractivity contribution < 1.29 is 31.6 Å². The highest BCUT2D eigenvalue weighted by atomic mass is 32.2. The molecule has 4 aromatic rings. The lowest BCUT2D eigenvalue weighted by Gasteiger charge is -2.13. The molecule has 2 N–H and O–H groups in total. The van der Waals surface area contributed by atoms with E-state index in [0.29, 0.717) is 42.2 Å². The van der Waals surface area contributed by atoms with Crippen molar-refractivity contribution in [3.63, 3.8) is 0 Å². The van der Waals surface area contributed by atoms with Crippen molar-refractivity contribution in [3.05, 3.63) is 72.1 Å². The number of nitrogens with zero attached hydrogens (tertiary/aromatic N) is 3. The van der Waals surface area contributed by atoms with E-state index >= 15 is 0 Å². The number of hydrogen-bond acceptors (Lipinski definition) is 9. The first kappa shape index (κ1) is 28.2. The molecule has 2 heterocycles. The Balaban J connectivity index is 1.67. The van der Waals surface area contributed by atoms with E-state index in [2.05, 4.69) is 9.97 Å². The molecular weight excluding hydrogens is 544 g/mol. The Bertz CT molecular complexity index is 1600. The van der Waals surface area contributed by atoms with Crippen molar-refractivity contribution in [1.29, 1.82) is 0 Å². The average molecular weight is 573 g/mol. The quantitative estimate of drug-likeness (QED) is 0.238. The van der Waals surface area contributed by atoms with Gasteiger partial charge in [-0.1, -0.05) is 12.1 Å². The lowest BCUT2D eigenvalue weighted by Crippen LogP contribution is -2.20. The van der Waals surface area contributed by atoms with Gasteiger partial charge in [0.05, 0.1) is 44.8 Å². The predicted octanol–water partition coefficient (Wildman–Crippen LogP) is 2.56. The molecule has 1 unspecified atom stereocenters. The van der Waals surface area contributed by atoms with E-state index < -0.39 is 26.7 Å². The van der Waals surface area contributed by atoms with E-state index in [4.69, 9.17) is 19.9 Å². The van der Waals surface area contributed by atoms with Crippen LogP contribution in [-0.2, 0) is 36.1 Å². The molecule has 0 aliphatic heterocycles. The second-order valence-corrected chi connectivity index (χ2v) is 11.6. The zero-order valence-electron chi connectivity index (χ0n) is 21.4. The van der Waals surface area contributed by atoms with Gasteiger partial charge in [0.2, 0.25) is 5.16 Å². The maximum absolute atomic E-state index is 13.8. The van der Waals surface area contributed by atoms with Gasteiger partial charge in [-0.3, -0.25) is 14.0 Å². The summed E-state index contributed by atoms with van der Waals surface area (Å²) in [5.41, 5.74) is 6.97. The summed E-state index contributed by atoms with van der Waals surface area (Å²) >= 11 is 0. The van der Waals surface area contributed by atoms with E-state index in [1.807, 2.05) is 6.92 Å². The molecule has 0 spiro atoms. The van der Waals surface area contributed by atoms with Crippen LogP contribution >= 0.6 is 0 Å². The fraction of sp³-hybridized carbons (Fsp3) is 0.269.